The molecular formula is C10H13BrN2O. The lowest BCUT2D eigenvalue weighted by molar-refractivity contribution is 0.851. The van der Waals surface area contributed by atoms with Gasteiger partial charge < -0.3 is 9.47 Å². The number of alkyl halides is 1. The van der Waals surface area contributed by atoms with Crippen LogP contribution in [0, 0.1) is 0 Å². The van der Waals surface area contributed by atoms with Gasteiger partial charge in [-0.15, -0.1) is 0 Å². The summed E-state index contributed by atoms with van der Waals surface area (Å²) in [4.78, 5) is 14.2. The highest BCUT2D eigenvalue weighted by molar-refractivity contribution is 9.09. The molecule has 1 unspecified atom stereocenters. The second-order valence-electron chi connectivity index (χ2n) is 3.67. The summed E-state index contributed by atoms with van der Waals surface area (Å²) in [7, 11) is 1.77. The molecule has 0 saturated carbocycles. The van der Waals surface area contributed by atoms with Crippen LogP contribution in [-0.4, -0.2) is 22.5 Å². The van der Waals surface area contributed by atoms with Crippen molar-refractivity contribution in [2.24, 2.45) is 7.05 Å². The van der Waals surface area contributed by atoms with Crippen molar-refractivity contribution in [3.05, 3.63) is 28.7 Å². The van der Waals surface area contributed by atoms with Gasteiger partial charge in [0.05, 0.1) is 0 Å². The first-order valence-corrected chi connectivity index (χ1v) is 5.64. The number of anilines is 1. The highest BCUT2D eigenvalue weighted by Gasteiger charge is 2.20. The summed E-state index contributed by atoms with van der Waals surface area (Å²) < 4.78 is 1.59. The maximum atomic E-state index is 11.4. The Hall–Kier alpha value is -0.770. The smallest absolute Gasteiger partial charge is 0.252 e. The number of aromatic nitrogens is 1. The molecule has 0 bridgehead atoms. The number of hydrogen-bond donors (Lipinski definition) is 0. The lowest BCUT2D eigenvalue weighted by Crippen LogP contribution is -2.23. The minimum absolute atomic E-state index is 0.0560. The molecule has 1 saturated heterocycles. The molecule has 14 heavy (non-hydrogen) atoms. The maximum Gasteiger partial charge on any atom is 0.252 e. The van der Waals surface area contributed by atoms with Crippen molar-refractivity contribution in [2.75, 3.05) is 18.0 Å². The molecule has 0 aromatic carbocycles. The number of pyridine rings is 1. The Morgan fingerprint density at radius 2 is 2.36 bits per heavy atom. The molecule has 1 aromatic heterocycles. The Bertz CT molecular complexity index is 388. The molecule has 4 heteroatoms. The Balaban J connectivity index is 2.25. The predicted octanol–water partition coefficient (Wildman–Crippen LogP) is 1.36. The average molecular weight is 257 g/mol. The van der Waals surface area contributed by atoms with E-state index >= 15 is 0 Å². The van der Waals surface area contributed by atoms with Crippen molar-refractivity contribution in [1.29, 1.82) is 0 Å². The summed E-state index contributed by atoms with van der Waals surface area (Å²) in [5.74, 6) is 0. The molecule has 1 atom stereocenters. The van der Waals surface area contributed by atoms with Gasteiger partial charge in [-0.25, -0.2) is 0 Å². The van der Waals surface area contributed by atoms with Crippen LogP contribution in [0.25, 0.3) is 0 Å². The first-order chi connectivity index (χ1) is 6.66. The maximum absolute atomic E-state index is 11.4. The van der Waals surface area contributed by atoms with Crippen molar-refractivity contribution in [1.82, 2.24) is 4.57 Å². The van der Waals surface area contributed by atoms with Gasteiger partial charge >= 0.3 is 0 Å². The highest BCUT2D eigenvalue weighted by Crippen LogP contribution is 2.22. The third-order valence-electron chi connectivity index (χ3n) is 2.58. The number of hydrogen-bond acceptors (Lipinski definition) is 2. The van der Waals surface area contributed by atoms with Crippen molar-refractivity contribution in [3.8, 4) is 0 Å². The number of halogens is 1. The van der Waals surface area contributed by atoms with E-state index in [1.165, 1.54) is 0 Å². The molecule has 2 rings (SSSR count). The van der Waals surface area contributed by atoms with Crippen molar-refractivity contribution < 1.29 is 0 Å². The molecule has 76 valence electrons. The molecule has 3 nitrogen and oxygen atoms in total. The van der Waals surface area contributed by atoms with E-state index in [4.69, 9.17) is 0 Å². The first kappa shape index (κ1) is 9.77. The molecule has 1 aliphatic rings. The summed E-state index contributed by atoms with van der Waals surface area (Å²) >= 11 is 3.58. The molecule has 0 spiro atoms. The summed E-state index contributed by atoms with van der Waals surface area (Å²) in [6.45, 7) is 2.02. The molecular weight excluding hydrogens is 244 g/mol. The van der Waals surface area contributed by atoms with Crippen LogP contribution in [-0.2, 0) is 7.05 Å². The van der Waals surface area contributed by atoms with E-state index in [-0.39, 0.29) is 5.56 Å². The predicted molar refractivity (Wildman–Crippen MR) is 61.2 cm³/mol. The fourth-order valence-corrected chi connectivity index (χ4v) is 2.24. The van der Waals surface area contributed by atoms with Crippen molar-refractivity contribution in [3.63, 3.8) is 0 Å². The van der Waals surface area contributed by atoms with Gasteiger partial charge in [0.2, 0.25) is 0 Å². The van der Waals surface area contributed by atoms with Crippen molar-refractivity contribution in [2.45, 2.75) is 11.2 Å². The van der Waals surface area contributed by atoms with Crippen LogP contribution in [0.1, 0.15) is 6.42 Å². The second kappa shape index (κ2) is 3.77. The van der Waals surface area contributed by atoms with E-state index in [0.717, 1.165) is 25.2 Å². The van der Waals surface area contributed by atoms with Crippen LogP contribution in [0.4, 0.5) is 5.69 Å². The topological polar surface area (TPSA) is 25.2 Å². The van der Waals surface area contributed by atoms with Crippen LogP contribution in [0.2, 0.25) is 0 Å². The second-order valence-corrected chi connectivity index (χ2v) is 4.96. The summed E-state index contributed by atoms with van der Waals surface area (Å²) in [6.07, 6.45) is 2.97. The summed E-state index contributed by atoms with van der Waals surface area (Å²) in [6, 6.07) is 3.69. The molecule has 1 aliphatic heterocycles. The third kappa shape index (κ3) is 1.85. The molecule has 0 radical (unpaired) electrons. The quantitative estimate of drug-likeness (QED) is 0.710. The zero-order valence-electron chi connectivity index (χ0n) is 8.11. The SMILES string of the molecule is Cn1ccc(N2CCC(Br)C2)cc1=O. The zero-order valence-corrected chi connectivity index (χ0v) is 9.70. The monoisotopic (exact) mass is 256 g/mol. The molecule has 1 aromatic rings. The van der Waals surface area contributed by atoms with E-state index in [1.807, 2.05) is 12.3 Å². The standard InChI is InChI=1S/C10H13BrN2O/c1-12-4-3-9(6-10(12)14)13-5-2-8(11)7-13/h3-4,6,8H,2,5,7H2,1H3. The van der Waals surface area contributed by atoms with Crippen LogP contribution in [0.5, 0.6) is 0 Å². The normalized spacial score (nSPS) is 21.6. The average Bonchev–Trinajstić information content (AvgIpc) is 2.57. The Labute approximate surface area is 91.5 Å². The van der Waals surface area contributed by atoms with Crippen LogP contribution >= 0.6 is 15.9 Å². The Kier molecular flexibility index (Phi) is 2.63. The number of aryl methyl sites for hydroxylation is 1. The van der Waals surface area contributed by atoms with Crippen LogP contribution < -0.4 is 10.5 Å². The number of nitrogens with zero attached hydrogens (tertiary/aromatic N) is 2. The minimum Gasteiger partial charge on any atom is -0.370 e. The molecule has 1 fully saturated rings. The largest absolute Gasteiger partial charge is 0.370 e. The molecule has 2 heterocycles. The Morgan fingerprint density at radius 3 is 2.93 bits per heavy atom. The van der Waals surface area contributed by atoms with Crippen LogP contribution in [0.3, 0.4) is 0 Å². The number of rotatable bonds is 1. The fraction of sp³-hybridized carbons (Fsp3) is 0.500. The minimum atomic E-state index is 0.0560. The van der Waals surface area contributed by atoms with E-state index in [9.17, 15) is 4.79 Å². The van der Waals surface area contributed by atoms with Gasteiger partial charge in [0, 0.05) is 42.9 Å². The lowest BCUT2D eigenvalue weighted by atomic mass is 10.3. The lowest BCUT2D eigenvalue weighted by Gasteiger charge is -2.17. The fourth-order valence-electron chi connectivity index (χ4n) is 1.69. The zero-order chi connectivity index (χ0) is 10.1. The van der Waals surface area contributed by atoms with E-state index in [0.29, 0.717) is 4.83 Å². The van der Waals surface area contributed by atoms with Gasteiger partial charge in [-0.3, -0.25) is 4.79 Å². The Morgan fingerprint density at radius 1 is 1.57 bits per heavy atom. The summed E-state index contributed by atoms with van der Waals surface area (Å²) in [5, 5.41) is 0. The first-order valence-electron chi connectivity index (χ1n) is 4.72. The van der Waals surface area contributed by atoms with Gasteiger partial charge in [0.25, 0.3) is 5.56 Å². The molecule has 0 amide bonds. The van der Waals surface area contributed by atoms with E-state index in [2.05, 4.69) is 20.8 Å². The molecule has 0 N–H and O–H groups in total. The van der Waals surface area contributed by atoms with E-state index in [1.54, 1.807) is 17.7 Å². The highest BCUT2D eigenvalue weighted by atomic mass is 79.9. The van der Waals surface area contributed by atoms with Gasteiger partial charge in [0.1, 0.15) is 0 Å². The van der Waals surface area contributed by atoms with E-state index < -0.39 is 0 Å². The summed E-state index contributed by atoms with van der Waals surface area (Å²) in [5.41, 5.74) is 1.09. The van der Waals surface area contributed by atoms with Gasteiger partial charge in [-0.1, -0.05) is 15.9 Å². The van der Waals surface area contributed by atoms with Gasteiger partial charge in [-0.05, 0) is 12.5 Å². The van der Waals surface area contributed by atoms with Gasteiger partial charge in [-0.2, -0.15) is 0 Å². The van der Waals surface area contributed by atoms with Crippen LogP contribution in [0.15, 0.2) is 23.1 Å². The van der Waals surface area contributed by atoms with Gasteiger partial charge in [0.15, 0.2) is 0 Å². The van der Waals surface area contributed by atoms with Crippen molar-refractivity contribution >= 4 is 21.6 Å². The third-order valence-corrected chi connectivity index (χ3v) is 3.33. The molecule has 0 aliphatic carbocycles.